The molecule has 16 heteroatoms. The van der Waals surface area contributed by atoms with E-state index in [1.807, 2.05) is 0 Å². The number of amides is 2. The highest BCUT2D eigenvalue weighted by Gasteiger charge is 2.17. The maximum atomic E-state index is 12.4. The van der Waals surface area contributed by atoms with Crippen LogP contribution in [0.1, 0.15) is 19.3 Å². The zero-order valence-electron chi connectivity index (χ0n) is 20.0. The third kappa shape index (κ3) is 8.06. The van der Waals surface area contributed by atoms with E-state index in [0.29, 0.717) is 11.4 Å². The van der Waals surface area contributed by atoms with Crippen molar-refractivity contribution in [3.05, 3.63) is 71.7 Å². The van der Waals surface area contributed by atoms with Crippen LogP contribution in [-0.4, -0.2) is 38.6 Å². The van der Waals surface area contributed by atoms with Crippen molar-refractivity contribution in [2.45, 2.75) is 29.1 Å². The molecule has 2 amide bonds. The second kappa shape index (κ2) is 12.3. The number of anilines is 4. The molecule has 4 N–H and O–H groups in total. The summed E-state index contributed by atoms with van der Waals surface area (Å²) in [7, 11) is -7.59. The Hall–Kier alpha value is -3.86. The van der Waals surface area contributed by atoms with Crippen molar-refractivity contribution >= 4 is 76.2 Å². The fraction of sp³-hybridized carbons (Fsp3) is 0.130. The van der Waals surface area contributed by atoms with Gasteiger partial charge in [0.1, 0.15) is 0 Å². The van der Waals surface area contributed by atoms with Gasteiger partial charge in [0.15, 0.2) is 10.3 Å². The van der Waals surface area contributed by atoms with Crippen LogP contribution < -0.4 is 20.1 Å². The molecule has 0 saturated heterocycles. The number of nitrogens with one attached hydrogen (secondary N) is 4. The van der Waals surface area contributed by atoms with Gasteiger partial charge in [0, 0.05) is 47.4 Å². The zero-order chi connectivity index (χ0) is 27.9. The van der Waals surface area contributed by atoms with E-state index in [1.165, 1.54) is 60.9 Å². The Morgan fingerprint density at radius 2 is 1.03 bits per heavy atom. The number of rotatable bonds is 12. The van der Waals surface area contributed by atoms with Gasteiger partial charge < -0.3 is 10.6 Å². The third-order valence-electron chi connectivity index (χ3n) is 5.01. The summed E-state index contributed by atoms with van der Waals surface area (Å²) < 4.78 is 54.3. The molecule has 0 fully saturated rings. The molecule has 0 bridgehead atoms. The van der Waals surface area contributed by atoms with Crippen molar-refractivity contribution in [1.29, 1.82) is 0 Å². The van der Waals surface area contributed by atoms with E-state index < -0.39 is 20.0 Å². The van der Waals surface area contributed by atoms with Gasteiger partial charge in [0.25, 0.3) is 20.0 Å². The summed E-state index contributed by atoms with van der Waals surface area (Å²) in [6.07, 6.45) is 3.38. The van der Waals surface area contributed by atoms with Crippen molar-refractivity contribution in [2.24, 2.45) is 0 Å². The molecule has 204 valence electrons. The molecule has 2 heterocycles. The van der Waals surface area contributed by atoms with Gasteiger partial charge in [-0.2, -0.15) is 0 Å². The molecule has 0 spiro atoms. The lowest BCUT2D eigenvalue weighted by Gasteiger charge is -2.09. The van der Waals surface area contributed by atoms with E-state index in [4.69, 9.17) is 0 Å². The average Bonchev–Trinajstić information content (AvgIpc) is 3.59. The number of carbonyl (C=O) groups excluding carboxylic acids is 2. The van der Waals surface area contributed by atoms with Gasteiger partial charge in [0.05, 0.1) is 9.79 Å². The molecule has 0 aliphatic heterocycles. The Morgan fingerprint density at radius 3 is 1.36 bits per heavy atom. The average molecular weight is 607 g/mol. The van der Waals surface area contributed by atoms with Crippen LogP contribution >= 0.6 is 22.7 Å². The fourth-order valence-electron chi connectivity index (χ4n) is 3.19. The molecule has 2 aromatic carbocycles. The number of benzene rings is 2. The summed E-state index contributed by atoms with van der Waals surface area (Å²) in [5, 5.41) is 9.13. The van der Waals surface area contributed by atoms with Crippen LogP contribution in [0, 0.1) is 0 Å². The minimum absolute atomic E-state index is 0.0220. The predicted molar refractivity (Wildman–Crippen MR) is 150 cm³/mol. The van der Waals surface area contributed by atoms with Crippen molar-refractivity contribution in [3.8, 4) is 0 Å². The summed E-state index contributed by atoms with van der Waals surface area (Å²) in [6.45, 7) is 0. The Balaban J connectivity index is 1.20. The summed E-state index contributed by atoms with van der Waals surface area (Å²) >= 11 is 2.31. The van der Waals surface area contributed by atoms with Crippen molar-refractivity contribution < 1.29 is 26.4 Å². The molecule has 0 atom stereocenters. The molecule has 0 aliphatic carbocycles. The molecule has 4 rings (SSSR count). The second-order valence-corrected chi connectivity index (χ2v) is 13.0. The molecule has 4 aromatic rings. The maximum absolute atomic E-state index is 12.4. The molecule has 0 saturated carbocycles. The summed E-state index contributed by atoms with van der Waals surface area (Å²) in [4.78, 5) is 32.3. The van der Waals surface area contributed by atoms with Crippen molar-refractivity contribution in [2.75, 3.05) is 20.1 Å². The first kappa shape index (κ1) is 28.2. The van der Waals surface area contributed by atoms with Crippen LogP contribution in [-0.2, 0) is 29.6 Å². The summed E-state index contributed by atoms with van der Waals surface area (Å²) in [6, 6.07) is 11.3. The monoisotopic (exact) mass is 606 g/mol. The van der Waals surface area contributed by atoms with E-state index in [0.717, 1.165) is 22.7 Å². The summed E-state index contributed by atoms with van der Waals surface area (Å²) in [5.74, 6) is -0.664. The Labute approximate surface area is 232 Å². The Morgan fingerprint density at radius 1 is 0.641 bits per heavy atom. The van der Waals surface area contributed by atoms with Crippen LogP contribution in [0.15, 0.2) is 81.5 Å². The number of nitrogens with zero attached hydrogens (tertiary/aromatic N) is 2. The van der Waals surface area contributed by atoms with E-state index in [1.54, 1.807) is 10.8 Å². The van der Waals surface area contributed by atoms with Gasteiger partial charge >= 0.3 is 0 Å². The van der Waals surface area contributed by atoms with Crippen LogP contribution in [0.4, 0.5) is 21.6 Å². The quantitative estimate of drug-likeness (QED) is 0.187. The van der Waals surface area contributed by atoms with Crippen LogP contribution in [0.25, 0.3) is 0 Å². The molecule has 2 aromatic heterocycles. The highest BCUT2D eigenvalue weighted by molar-refractivity contribution is 7.93. The van der Waals surface area contributed by atoms with Crippen LogP contribution in [0.5, 0.6) is 0 Å². The molecule has 0 aliphatic rings. The summed E-state index contributed by atoms with van der Waals surface area (Å²) in [5.41, 5.74) is 0.828. The van der Waals surface area contributed by atoms with Gasteiger partial charge in [-0.15, -0.1) is 22.7 Å². The lowest BCUT2D eigenvalue weighted by molar-refractivity contribution is -0.117. The van der Waals surface area contributed by atoms with Crippen molar-refractivity contribution in [3.63, 3.8) is 0 Å². The van der Waals surface area contributed by atoms with E-state index in [-0.39, 0.29) is 51.1 Å². The molecule has 0 radical (unpaired) electrons. The standard InChI is InChI=1S/C23H22N6O6S4/c30-20(26-16-4-8-18(9-5-16)38(32,33)28-22-24-12-14-36-22)2-1-3-21(31)27-17-6-10-19(11-7-17)39(34,35)29-23-25-13-15-37-23/h4-15H,1-3H2,(H,24,28)(H,25,29)(H,26,30)(H,27,31). The minimum Gasteiger partial charge on any atom is -0.326 e. The number of hydrogen-bond donors (Lipinski definition) is 4. The maximum Gasteiger partial charge on any atom is 0.263 e. The molecular weight excluding hydrogens is 585 g/mol. The van der Waals surface area contributed by atoms with Crippen molar-refractivity contribution in [1.82, 2.24) is 9.97 Å². The first-order chi connectivity index (χ1) is 18.6. The zero-order valence-corrected chi connectivity index (χ0v) is 23.3. The lowest BCUT2D eigenvalue weighted by Crippen LogP contribution is -2.16. The largest absolute Gasteiger partial charge is 0.326 e. The SMILES string of the molecule is O=C(CCCC(=O)Nc1ccc(S(=O)(=O)Nc2nccs2)cc1)Nc1ccc(S(=O)(=O)Nc2nccs2)cc1. The second-order valence-electron chi connectivity index (χ2n) is 7.88. The van der Waals surface area contributed by atoms with Gasteiger partial charge in [-0.3, -0.25) is 19.0 Å². The normalized spacial score (nSPS) is 11.5. The lowest BCUT2D eigenvalue weighted by atomic mass is 10.2. The van der Waals surface area contributed by atoms with E-state index in [2.05, 4.69) is 30.0 Å². The topological polar surface area (TPSA) is 176 Å². The first-order valence-corrected chi connectivity index (χ1v) is 16.0. The Bertz CT molecular complexity index is 1500. The van der Waals surface area contributed by atoms with Gasteiger partial charge in [0.2, 0.25) is 11.8 Å². The third-order valence-corrected chi connectivity index (χ3v) is 9.36. The number of sulfonamides is 2. The van der Waals surface area contributed by atoms with Gasteiger partial charge in [-0.1, -0.05) is 0 Å². The Kier molecular flexibility index (Phi) is 8.90. The van der Waals surface area contributed by atoms with Crippen LogP contribution in [0.3, 0.4) is 0 Å². The molecular formula is C23H22N6O6S4. The van der Waals surface area contributed by atoms with E-state index in [9.17, 15) is 26.4 Å². The number of aromatic nitrogens is 2. The molecule has 0 unspecified atom stereocenters. The van der Waals surface area contributed by atoms with Gasteiger partial charge in [-0.05, 0) is 55.0 Å². The smallest absolute Gasteiger partial charge is 0.263 e. The predicted octanol–water partition coefficient (Wildman–Crippen LogP) is 3.95. The highest BCUT2D eigenvalue weighted by Crippen LogP contribution is 2.21. The number of thiazole rings is 2. The van der Waals surface area contributed by atoms with Gasteiger partial charge in [-0.25, -0.2) is 26.8 Å². The molecule has 12 nitrogen and oxygen atoms in total. The molecule has 39 heavy (non-hydrogen) atoms. The number of hydrogen-bond acceptors (Lipinski definition) is 10. The highest BCUT2D eigenvalue weighted by atomic mass is 32.2. The van der Waals surface area contributed by atoms with E-state index >= 15 is 0 Å². The minimum atomic E-state index is -3.79. The van der Waals surface area contributed by atoms with Crippen LogP contribution in [0.2, 0.25) is 0 Å². The number of carbonyl (C=O) groups is 2. The fourth-order valence-corrected chi connectivity index (χ4v) is 6.76. The first-order valence-electron chi connectivity index (χ1n) is 11.3.